The van der Waals surface area contributed by atoms with E-state index in [9.17, 15) is 0 Å². The molecule has 0 aromatic rings. The van der Waals surface area contributed by atoms with Crippen molar-refractivity contribution in [2.24, 2.45) is 5.92 Å². The summed E-state index contributed by atoms with van der Waals surface area (Å²) in [6.07, 6.45) is 11.0. The monoisotopic (exact) mass is 217 g/mol. The summed E-state index contributed by atoms with van der Waals surface area (Å²) < 4.78 is 0. The average Bonchev–Trinajstić information content (AvgIpc) is 2.81. The Hall–Kier alpha value is -0.820. The molecule has 16 heavy (non-hydrogen) atoms. The fourth-order valence-corrected chi connectivity index (χ4v) is 2.78. The van der Waals surface area contributed by atoms with Gasteiger partial charge in [-0.15, -0.1) is 0 Å². The Bertz CT molecular complexity index is 318. The number of allylic oxidation sites excluding steroid dienone is 2. The van der Waals surface area contributed by atoms with Gasteiger partial charge < -0.3 is 0 Å². The Balaban J connectivity index is 2.16. The van der Waals surface area contributed by atoms with E-state index in [-0.39, 0.29) is 0 Å². The number of likely N-dealkylation sites (tertiary alicyclic amines) is 1. The van der Waals surface area contributed by atoms with Crippen molar-refractivity contribution in [3.05, 3.63) is 36.0 Å². The van der Waals surface area contributed by atoms with E-state index in [1.165, 1.54) is 37.1 Å². The third kappa shape index (κ3) is 2.30. The smallest absolute Gasteiger partial charge is 0.0381 e. The first-order chi connectivity index (χ1) is 7.72. The second-order valence-electron chi connectivity index (χ2n) is 5.06. The topological polar surface area (TPSA) is 3.24 Å². The zero-order valence-corrected chi connectivity index (χ0v) is 10.6. The molecular formula is C15H23N. The summed E-state index contributed by atoms with van der Waals surface area (Å²) >= 11 is 0. The van der Waals surface area contributed by atoms with Crippen molar-refractivity contribution < 1.29 is 0 Å². The van der Waals surface area contributed by atoms with E-state index < -0.39 is 0 Å². The predicted molar refractivity (Wildman–Crippen MR) is 70.4 cm³/mol. The van der Waals surface area contributed by atoms with E-state index in [1.807, 2.05) is 0 Å². The fourth-order valence-electron chi connectivity index (χ4n) is 2.78. The average molecular weight is 217 g/mol. The SMILES string of the molecule is C=C(C)C1C=C(CC)C=CC1N1CCCC1. The Labute approximate surface area is 99.5 Å². The normalized spacial score (nSPS) is 30.5. The second kappa shape index (κ2) is 5.01. The van der Waals surface area contributed by atoms with Gasteiger partial charge in [-0.05, 0) is 39.3 Å². The zero-order valence-electron chi connectivity index (χ0n) is 10.6. The van der Waals surface area contributed by atoms with Crippen molar-refractivity contribution in [1.82, 2.24) is 4.90 Å². The highest BCUT2D eigenvalue weighted by Crippen LogP contribution is 2.30. The van der Waals surface area contributed by atoms with Crippen LogP contribution in [0.1, 0.15) is 33.1 Å². The van der Waals surface area contributed by atoms with Gasteiger partial charge in [-0.25, -0.2) is 0 Å². The molecule has 0 aromatic heterocycles. The Morgan fingerprint density at radius 2 is 2.12 bits per heavy atom. The molecule has 1 heterocycles. The minimum Gasteiger partial charge on any atom is -0.296 e. The molecule has 1 nitrogen and oxygen atoms in total. The quantitative estimate of drug-likeness (QED) is 0.653. The number of hydrogen-bond donors (Lipinski definition) is 0. The lowest BCUT2D eigenvalue weighted by Crippen LogP contribution is -2.38. The van der Waals surface area contributed by atoms with Crippen LogP contribution in [0.5, 0.6) is 0 Å². The molecule has 0 spiro atoms. The highest BCUT2D eigenvalue weighted by atomic mass is 15.2. The van der Waals surface area contributed by atoms with Crippen molar-refractivity contribution >= 4 is 0 Å². The molecule has 0 bridgehead atoms. The van der Waals surface area contributed by atoms with Gasteiger partial charge in [0.25, 0.3) is 0 Å². The highest BCUT2D eigenvalue weighted by Gasteiger charge is 2.28. The molecule has 1 saturated heterocycles. The largest absolute Gasteiger partial charge is 0.296 e. The molecule has 1 aliphatic heterocycles. The summed E-state index contributed by atoms with van der Waals surface area (Å²) in [5.41, 5.74) is 2.76. The third-order valence-electron chi connectivity index (χ3n) is 3.81. The zero-order chi connectivity index (χ0) is 11.5. The molecule has 0 aromatic carbocycles. The van der Waals surface area contributed by atoms with Gasteiger partial charge in [-0.2, -0.15) is 0 Å². The second-order valence-corrected chi connectivity index (χ2v) is 5.06. The summed E-state index contributed by atoms with van der Waals surface area (Å²) in [5.74, 6) is 0.526. The van der Waals surface area contributed by atoms with Crippen LogP contribution in [0.3, 0.4) is 0 Å². The molecule has 2 atom stereocenters. The van der Waals surface area contributed by atoms with Gasteiger partial charge in [0.2, 0.25) is 0 Å². The highest BCUT2D eigenvalue weighted by molar-refractivity contribution is 5.32. The van der Waals surface area contributed by atoms with Crippen molar-refractivity contribution in [2.75, 3.05) is 13.1 Å². The molecule has 1 heteroatoms. The van der Waals surface area contributed by atoms with Crippen LogP contribution < -0.4 is 0 Å². The summed E-state index contributed by atoms with van der Waals surface area (Å²) in [5, 5.41) is 0. The molecule has 0 saturated carbocycles. The first-order valence-corrected chi connectivity index (χ1v) is 6.50. The Morgan fingerprint density at radius 1 is 1.44 bits per heavy atom. The molecule has 88 valence electrons. The summed E-state index contributed by atoms with van der Waals surface area (Å²) in [4.78, 5) is 2.61. The Kier molecular flexibility index (Phi) is 3.65. The Morgan fingerprint density at radius 3 is 2.69 bits per heavy atom. The molecule has 1 fully saturated rings. The first-order valence-electron chi connectivity index (χ1n) is 6.50. The van der Waals surface area contributed by atoms with Gasteiger partial charge in [-0.1, -0.05) is 42.9 Å². The maximum atomic E-state index is 4.16. The van der Waals surface area contributed by atoms with Gasteiger partial charge in [0.1, 0.15) is 0 Å². The number of rotatable bonds is 3. The van der Waals surface area contributed by atoms with Crippen LogP contribution in [0, 0.1) is 5.92 Å². The molecule has 1 aliphatic carbocycles. The summed E-state index contributed by atoms with van der Waals surface area (Å²) in [7, 11) is 0. The minimum absolute atomic E-state index is 0.526. The molecule has 0 radical (unpaired) electrons. The van der Waals surface area contributed by atoms with Crippen LogP contribution in [-0.4, -0.2) is 24.0 Å². The summed E-state index contributed by atoms with van der Waals surface area (Å²) in [6.45, 7) is 11.1. The van der Waals surface area contributed by atoms with Crippen LogP contribution in [0.4, 0.5) is 0 Å². The van der Waals surface area contributed by atoms with Crippen LogP contribution in [0.25, 0.3) is 0 Å². The van der Waals surface area contributed by atoms with E-state index in [4.69, 9.17) is 0 Å². The predicted octanol–water partition coefficient (Wildman–Crippen LogP) is 3.55. The maximum absolute atomic E-state index is 4.16. The molecule has 2 unspecified atom stereocenters. The van der Waals surface area contributed by atoms with E-state index in [0.717, 1.165) is 6.42 Å². The van der Waals surface area contributed by atoms with E-state index in [1.54, 1.807) is 0 Å². The maximum Gasteiger partial charge on any atom is 0.0381 e. The van der Waals surface area contributed by atoms with Crippen molar-refractivity contribution in [3.63, 3.8) is 0 Å². The van der Waals surface area contributed by atoms with Gasteiger partial charge in [0.05, 0.1) is 0 Å². The van der Waals surface area contributed by atoms with Crippen LogP contribution in [-0.2, 0) is 0 Å². The van der Waals surface area contributed by atoms with Crippen molar-refractivity contribution in [2.45, 2.75) is 39.2 Å². The lowest BCUT2D eigenvalue weighted by atomic mass is 9.85. The molecule has 0 N–H and O–H groups in total. The van der Waals surface area contributed by atoms with Crippen LogP contribution >= 0.6 is 0 Å². The molecule has 0 amide bonds. The van der Waals surface area contributed by atoms with Gasteiger partial charge in [-0.3, -0.25) is 4.90 Å². The first kappa shape index (κ1) is 11.7. The molecule has 2 rings (SSSR count). The van der Waals surface area contributed by atoms with Crippen molar-refractivity contribution in [1.29, 1.82) is 0 Å². The molecular weight excluding hydrogens is 194 g/mol. The lowest BCUT2D eigenvalue weighted by molar-refractivity contribution is 0.251. The van der Waals surface area contributed by atoms with Crippen LogP contribution in [0.15, 0.2) is 36.0 Å². The van der Waals surface area contributed by atoms with Crippen LogP contribution in [0.2, 0.25) is 0 Å². The van der Waals surface area contributed by atoms with Gasteiger partial charge >= 0.3 is 0 Å². The van der Waals surface area contributed by atoms with E-state index >= 15 is 0 Å². The number of hydrogen-bond acceptors (Lipinski definition) is 1. The summed E-state index contributed by atoms with van der Waals surface area (Å²) in [6, 6.07) is 0.565. The van der Waals surface area contributed by atoms with E-state index in [0.29, 0.717) is 12.0 Å². The van der Waals surface area contributed by atoms with Gasteiger partial charge in [0.15, 0.2) is 0 Å². The fraction of sp³-hybridized carbons (Fsp3) is 0.600. The van der Waals surface area contributed by atoms with Gasteiger partial charge in [0, 0.05) is 12.0 Å². The minimum atomic E-state index is 0.526. The molecule has 2 aliphatic rings. The lowest BCUT2D eigenvalue weighted by Gasteiger charge is -2.33. The van der Waals surface area contributed by atoms with E-state index in [2.05, 4.69) is 43.6 Å². The third-order valence-corrected chi connectivity index (χ3v) is 3.81. The standard InChI is InChI=1S/C15H23N/c1-4-13-7-8-15(14(11-13)12(2)3)16-9-5-6-10-16/h7-8,11,14-15H,2,4-6,9-10H2,1,3H3. The van der Waals surface area contributed by atoms with Crippen molar-refractivity contribution in [3.8, 4) is 0 Å². The number of nitrogens with zero attached hydrogens (tertiary/aromatic N) is 1.